The Balaban J connectivity index is 2.08. The number of amides is 1. The minimum absolute atomic E-state index is 0.00814. The summed E-state index contributed by atoms with van der Waals surface area (Å²) in [5, 5.41) is 4.54. The first-order valence-corrected chi connectivity index (χ1v) is 8.49. The van der Waals surface area contributed by atoms with Crippen molar-refractivity contribution in [1.82, 2.24) is 4.90 Å². The Labute approximate surface area is 146 Å². The highest BCUT2D eigenvalue weighted by Gasteiger charge is 2.34. The van der Waals surface area contributed by atoms with Crippen molar-refractivity contribution in [2.24, 2.45) is 0 Å². The third kappa shape index (κ3) is 3.04. The molecule has 0 radical (unpaired) electrons. The summed E-state index contributed by atoms with van der Waals surface area (Å²) >= 11 is 12.7. The summed E-state index contributed by atoms with van der Waals surface area (Å²) in [5.74, 6) is 0.00814. The van der Waals surface area contributed by atoms with Crippen molar-refractivity contribution in [2.45, 2.75) is 25.9 Å². The molecular formula is C18H18Cl2N2O. The summed E-state index contributed by atoms with van der Waals surface area (Å²) in [6.07, 6.45) is 1.58. The quantitative estimate of drug-likeness (QED) is 0.806. The number of anilines is 1. The van der Waals surface area contributed by atoms with E-state index in [2.05, 4.69) is 12.2 Å². The summed E-state index contributed by atoms with van der Waals surface area (Å²) < 4.78 is 0. The Morgan fingerprint density at radius 2 is 1.78 bits per heavy atom. The molecule has 0 saturated heterocycles. The first kappa shape index (κ1) is 16.2. The number of carbonyl (C=O) groups is 1. The fraction of sp³-hybridized carbons (Fsp3) is 0.278. The maximum atomic E-state index is 12.9. The zero-order valence-corrected chi connectivity index (χ0v) is 14.4. The van der Waals surface area contributed by atoms with Crippen LogP contribution in [-0.2, 0) is 0 Å². The molecule has 1 N–H and O–H groups in total. The number of rotatable bonds is 4. The van der Waals surface area contributed by atoms with Gasteiger partial charge in [0.05, 0.1) is 5.56 Å². The fourth-order valence-corrected chi connectivity index (χ4v) is 3.46. The van der Waals surface area contributed by atoms with Gasteiger partial charge in [0.1, 0.15) is 6.17 Å². The van der Waals surface area contributed by atoms with Gasteiger partial charge < -0.3 is 10.2 Å². The second-order valence-electron chi connectivity index (χ2n) is 5.58. The number of hydrogen-bond acceptors (Lipinski definition) is 2. The zero-order valence-electron chi connectivity index (χ0n) is 12.9. The molecule has 120 valence electrons. The normalized spacial score (nSPS) is 16.9. The Hall–Kier alpha value is -1.71. The molecule has 2 aromatic rings. The number of benzene rings is 2. The molecule has 3 rings (SSSR count). The van der Waals surface area contributed by atoms with E-state index in [0.29, 0.717) is 22.2 Å². The predicted octanol–water partition coefficient (Wildman–Crippen LogP) is 5.36. The van der Waals surface area contributed by atoms with Crippen molar-refractivity contribution in [3.05, 3.63) is 63.6 Å². The molecule has 1 amide bonds. The van der Waals surface area contributed by atoms with E-state index in [1.54, 1.807) is 12.1 Å². The van der Waals surface area contributed by atoms with Crippen LogP contribution in [0.4, 0.5) is 5.69 Å². The van der Waals surface area contributed by atoms with Gasteiger partial charge in [0.2, 0.25) is 0 Å². The maximum Gasteiger partial charge on any atom is 0.257 e. The lowest BCUT2D eigenvalue weighted by molar-refractivity contribution is 0.0680. The third-order valence-electron chi connectivity index (χ3n) is 4.05. The van der Waals surface area contributed by atoms with E-state index in [1.165, 1.54) is 0 Å². The summed E-state index contributed by atoms with van der Waals surface area (Å²) in [5.41, 5.74) is 2.24. The van der Waals surface area contributed by atoms with Gasteiger partial charge in [-0.05, 0) is 30.7 Å². The van der Waals surface area contributed by atoms with Gasteiger partial charge in [0.25, 0.3) is 5.91 Å². The average Bonchev–Trinajstić information content (AvgIpc) is 2.54. The van der Waals surface area contributed by atoms with Gasteiger partial charge in [-0.1, -0.05) is 54.7 Å². The van der Waals surface area contributed by atoms with Gasteiger partial charge in [-0.15, -0.1) is 0 Å². The van der Waals surface area contributed by atoms with Crippen LogP contribution in [0.15, 0.2) is 42.5 Å². The molecule has 3 nitrogen and oxygen atoms in total. The summed E-state index contributed by atoms with van der Waals surface area (Å²) in [7, 11) is 0. The van der Waals surface area contributed by atoms with Crippen LogP contribution >= 0.6 is 23.2 Å². The molecule has 0 fully saturated rings. The van der Waals surface area contributed by atoms with Crippen LogP contribution in [0.3, 0.4) is 0 Å². The number of fused-ring (bicyclic) bond motifs is 1. The van der Waals surface area contributed by atoms with E-state index >= 15 is 0 Å². The van der Waals surface area contributed by atoms with Crippen LogP contribution in [0, 0.1) is 0 Å². The van der Waals surface area contributed by atoms with Gasteiger partial charge in [-0.2, -0.15) is 0 Å². The molecule has 1 unspecified atom stereocenters. The molecule has 0 aliphatic carbocycles. The third-order valence-corrected chi connectivity index (χ3v) is 4.71. The molecule has 0 saturated carbocycles. The lowest BCUT2D eigenvalue weighted by Gasteiger charge is -2.38. The van der Waals surface area contributed by atoms with Gasteiger partial charge in [0, 0.05) is 27.8 Å². The lowest BCUT2D eigenvalue weighted by atomic mass is 10.0. The van der Waals surface area contributed by atoms with E-state index in [0.717, 1.165) is 24.1 Å². The molecule has 23 heavy (non-hydrogen) atoms. The second-order valence-corrected chi connectivity index (χ2v) is 6.39. The van der Waals surface area contributed by atoms with E-state index in [1.807, 2.05) is 35.2 Å². The van der Waals surface area contributed by atoms with Crippen molar-refractivity contribution < 1.29 is 4.79 Å². The molecule has 1 aliphatic rings. The zero-order chi connectivity index (χ0) is 16.4. The minimum Gasteiger partial charge on any atom is -0.361 e. The lowest BCUT2D eigenvalue weighted by Crippen LogP contribution is -2.43. The number of unbranched alkanes of at least 4 members (excludes halogenated alkanes) is 1. The Kier molecular flexibility index (Phi) is 4.79. The smallest absolute Gasteiger partial charge is 0.257 e. The van der Waals surface area contributed by atoms with Crippen LogP contribution < -0.4 is 5.32 Å². The summed E-state index contributed by atoms with van der Waals surface area (Å²) in [6.45, 7) is 2.76. The van der Waals surface area contributed by atoms with E-state index < -0.39 is 0 Å². The number of nitrogens with zero attached hydrogens (tertiary/aromatic N) is 1. The topological polar surface area (TPSA) is 32.3 Å². The van der Waals surface area contributed by atoms with Crippen LogP contribution in [0.25, 0.3) is 0 Å². The average molecular weight is 349 g/mol. The van der Waals surface area contributed by atoms with E-state index in [9.17, 15) is 4.79 Å². The number of nitrogens with one attached hydrogen (secondary N) is 1. The van der Waals surface area contributed by atoms with Crippen molar-refractivity contribution in [3.63, 3.8) is 0 Å². The maximum absolute atomic E-state index is 12.9. The van der Waals surface area contributed by atoms with Gasteiger partial charge in [0.15, 0.2) is 0 Å². The largest absolute Gasteiger partial charge is 0.361 e. The highest BCUT2D eigenvalue weighted by Crippen LogP contribution is 2.39. The number of hydrogen-bond donors (Lipinski definition) is 1. The molecule has 5 heteroatoms. The Morgan fingerprint density at radius 1 is 1.09 bits per heavy atom. The van der Waals surface area contributed by atoms with Crippen molar-refractivity contribution in [2.75, 3.05) is 11.9 Å². The fourth-order valence-electron chi connectivity index (χ4n) is 2.85. The molecule has 2 aromatic carbocycles. The highest BCUT2D eigenvalue weighted by molar-refractivity contribution is 6.36. The van der Waals surface area contributed by atoms with Crippen molar-refractivity contribution in [1.29, 1.82) is 0 Å². The molecular weight excluding hydrogens is 331 g/mol. The first-order chi connectivity index (χ1) is 11.1. The standard InChI is InChI=1S/C18H18Cl2N2O/c1-2-3-11-22-17(16-13(19)8-6-9-14(16)20)21-15-10-5-4-7-12(15)18(22)23/h4-10,17,21H,2-3,11H2,1H3. The van der Waals surface area contributed by atoms with Gasteiger partial charge >= 0.3 is 0 Å². The molecule has 1 aliphatic heterocycles. The number of carbonyl (C=O) groups excluding carboxylic acids is 1. The van der Waals surface area contributed by atoms with Crippen LogP contribution in [0.1, 0.15) is 41.9 Å². The number of para-hydroxylation sites is 1. The van der Waals surface area contributed by atoms with Gasteiger partial charge in [-0.3, -0.25) is 4.79 Å². The molecule has 1 heterocycles. The molecule has 0 aromatic heterocycles. The predicted molar refractivity (Wildman–Crippen MR) is 95.2 cm³/mol. The summed E-state index contributed by atoms with van der Waals surface area (Å²) in [6, 6.07) is 12.9. The minimum atomic E-state index is -0.356. The molecule has 0 bridgehead atoms. The van der Waals surface area contributed by atoms with Gasteiger partial charge in [-0.25, -0.2) is 0 Å². The van der Waals surface area contributed by atoms with Crippen LogP contribution in [-0.4, -0.2) is 17.4 Å². The monoisotopic (exact) mass is 348 g/mol. The highest BCUT2D eigenvalue weighted by atomic mass is 35.5. The van der Waals surface area contributed by atoms with Crippen LogP contribution in [0.2, 0.25) is 10.0 Å². The Morgan fingerprint density at radius 3 is 2.48 bits per heavy atom. The van der Waals surface area contributed by atoms with E-state index in [-0.39, 0.29) is 12.1 Å². The Bertz CT molecular complexity index is 712. The van der Waals surface area contributed by atoms with Crippen molar-refractivity contribution >= 4 is 34.8 Å². The van der Waals surface area contributed by atoms with Crippen LogP contribution in [0.5, 0.6) is 0 Å². The number of halogens is 2. The molecule has 0 spiro atoms. The second kappa shape index (κ2) is 6.81. The summed E-state index contributed by atoms with van der Waals surface area (Å²) in [4.78, 5) is 14.7. The van der Waals surface area contributed by atoms with Crippen molar-refractivity contribution in [3.8, 4) is 0 Å². The SMILES string of the molecule is CCCCN1C(=O)c2ccccc2NC1c1c(Cl)cccc1Cl. The van der Waals surface area contributed by atoms with E-state index in [4.69, 9.17) is 23.2 Å². The first-order valence-electron chi connectivity index (χ1n) is 7.74. The molecule has 1 atom stereocenters.